The molecule has 0 unspecified atom stereocenters. The van der Waals surface area contributed by atoms with Crippen molar-refractivity contribution >= 4 is 28.9 Å². The van der Waals surface area contributed by atoms with Gasteiger partial charge in [0.2, 0.25) is 0 Å². The van der Waals surface area contributed by atoms with Gasteiger partial charge < -0.3 is 10.6 Å². The molecule has 2 N–H and O–H groups in total. The lowest BCUT2D eigenvalue weighted by atomic mass is 10.2. The molecule has 0 amide bonds. The Morgan fingerprint density at radius 2 is 1.84 bits per heavy atom. The third-order valence-corrected chi connectivity index (χ3v) is 2.85. The summed E-state index contributed by atoms with van der Waals surface area (Å²) in [5, 5.41) is 6.97. The average Bonchev–Trinajstić information content (AvgIpc) is 2.38. The van der Waals surface area contributed by atoms with Crippen LogP contribution in [0.3, 0.4) is 0 Å². The quantitative estimate of drug-likeness (QED) is 0.885. The number of anilines is 3. The fourth-order valence-corrected chi connectivity index (χ4v) is 1.82. The highest BCUT2D eigenvalue weighted by molar-refractivity contribution is 6.30. The van der Waals surface area contributed by atoms with E-state index in [0.29, 0.717) is 5.02 Å². The second-order valence-corrected chi connectivity index (χ2v) is 4.97. The highest BCUT2D eigenvalue weighted by Crippen LogP contribution is 2.22. The molecular weight excluding hydrogens is 260 g/mol. The Morgan fingerprint density at radius 1 is 1.11 bits per heavy atom. The second kappa shape index (κ2) is 5.89. The second-order valence-electron chi connectivity index (χ2n) is 4.54. The topological polar surface area (TPSA) is 49.8 Å². The molecular formula is C14H17ClN4. The van der Waals surface area contributed by atoms with Gasteiger partial charge in [-0.05, 0) is 18.2 Å². The van der Waals surface area contributed by atoms with Crippen LogP contribution in [0, 0.1) is 0 Å². The van der Waals surface area contributed by atoms with E-state index in [9.17, 15) is 0 Å². The van der Waals surface area contributed by atoms with Gasteiger partial charge in [-0.3, -0.25) is 0 Å². The lowest BCUT2D eigenvalue weighted by molar-refractivity contribution is 0.778. The predicted octanol–water partition coefficient (Wildman–Crippen LogP) is 4.04. The Hall–Kier alpha value is -1.81. The van der Waals surface area contributed by atoms with Gasteiger partial charge in [-0.1, -0.05) is 31.5 Å². The molecule has 1 aromatic carbocycles. The largest absolute Gasteiger partial charge is 0.373 e. The smallest absolute Gasteiger partial charge is 0.136 e. The maximum atomic E-state index is 5.97. The molecule has 0 saturated carbocycles. The van der Waals surface area contributed by atoms with Gasteiger partial charge in [-0.25, -0.2) is 9.97 Å². The van der Waals surface area contributed by atoms with Crippen LogP contribution >= 0.6 is 11.6 Å². The number of hydrogen-bond acceptors (Lipinski definition) is 4. The maximum Gasteiger partial charge on any atom is 0.136 e. The zero-order chi connectivity index (χ0) is 13.8. The molecule has 0 aliphatic rings. The van der Waals surface area contributed by atoms with E-state index >= 15 is 0 Å². The van der Waals surface area contributed by atoms with Crippen LogP contribution in [0.25, 0.3) is 0 Å². The van der Waals surface area contributed by atoms with Crippen molar-refractivity contribution in [3.05, 3.63) is 41.2 Å². The van der Waals surface area contributed by atoms with E-state index in [4.69, 9.17) is 11.6 Å². The molecule has 0 aliphatic heterocycles. The molecule has 0 bridgehead atoms. The minimum Gasteiger partial charge on any atom is -0.373 e. The number of benzene rings is 1. The number of nitrogens with one attached hydrogen (secondary N) is 2. The Balaban J connectivity index is 2.31. The minimum atomic E-state index is 0.271. The number of rotatable bonds is 4. The van der Waals surface area contributed by atoms with Crippen molar-refractivity contribution < 1.29 is 0 Å². The predicted molar refractivity (Wildman–Crippen MR) is 80.4 cm³/mol. The summed E-state index contributed by atoms with van der Waals surface area (Å²) in [5.74, 6) is 2.62. The van der Waals surface area contributed by atoms with E-state index in [-0.39, 0.29) is 5.92 Å². The Labute approximate surface area is 118 Å². The molecule has 0 atom stereocenters. The van der Waals surface area contributed by atoms with Crippen molar-refractivity contribution in [2.24, 2.45) is 0 Å². The van der Waals surface area contributed by atoms with Crippen molar-refractivity contribution in [1.82, 2.24) is 9.97 Å². The first kappa shape index (κ1) is 13.6. The van der Waals surface area contributed by atoms with Gasteiger partial charge in [0, 0.05) is 29.7 Å². The summed E-state index contributed by atoms with van der Waals surface area (Å²) in [6, 6.07) is 9.41. The first-order valence-corrected chi connectivity index (χ1v) is 6.55. The van der Waals surface area contributed by atoms with Gasteiger partial charge in [0.15, 0.2) is 0 Å². The van der Waals surface area contributed by atoms with Crippen LogP contribution in [0.5, 0.6) is 0 Å². The standard InChI is InChI=1S/C14H17ClN4/c1-9(2)14-18-12(16-3)8-13(19-14)17-11-6-4-5-10(15)7-11/h4-9H,1-3H3,(H2,16,17,18,19). The molecule has 100 valence electrons. The third kappa shape index (κ3) is 3.58. The highest BCUT2D eigenvalue weighted by atomic mass is 35.5. The summed E-state index contributed by atoms with van der Waals surface area (Å²) in [4.78, 5) is 8.92. The van der Waals surface area contributed by atoms with E-state index in [1.54, 1.807) is 0 Å². The third-order valence-electron chi connectivity index (χ3n) is 2.61. The van der Waals surface area contributed by atoms with E-state index in [1.807, 2.05) is 37.4 Å². The van der Waals surface area contributed by atoms with Crippen molar-refractivity contribution in [2.75, 3.05) is 17.7 Å². The van der Waals surface area contributed by atoms with Gasteiger partial charge >= 0.3 is 0 Å². The van der Waals surface area contributed by atoms with Crippen LogP contribution in [0.15, 0.2) is 30.3 Å². The molecule has 19 heavy (non-hydrogen) atoms. The average molecular weight is 277 g/mol. The summed E-state index contributed by atoms with van der Waals surface area (Å²) in [6.45, 7) is 4.13. The summed E-state index contributed by atoms with van der Waals surface area (Å²) in [7, 11) is 1.84. The molecule has 2 rings (SSSR count). The molecule has 0 spiro atoms. The lowest BCUT2D eigenvalue weighted by Crippen LogP contribution is -2.05. The molecule has 1 heterocycles. The minimum absolute atomic E-state index is 0.271. The van der Waals surface area contributed by atoms with Crippen molar-refractivity contribution in [3.8, 4) is 0 Å². The molecule has 0 fully saturated rings. The number of nitrogens with zero attached hydrogens (tertiary/aromatic N) is 2. The molecule has 0 radical (unpaired) electrons. The van der Waals surface area contributed by atoms with Gasteiger partial charge in [-0.2, -0.15) is 0 Å². The number of halogens is 1. The van der Waals surface area contributed by atoms with Gasteiger partial charge in [0.1, 0.15) is 17.5 Å². The Kier molecular flexibility index (Phi) is 4.22. The first-order valence-electron chi connectivity index (χ1n) is 6.18. The molecule has 5 heteroatoms. The Bertz CT molecular complexity index is 569. The molecule has 1 aromatic heterocycles. The van der Waals surface area contributed by atoms with Crippen LogP contribution in [-0.4, -0.2) is 17.0 Å². The van der Waals surface area contributed by atoms with Crippen LogP contribution in [0.2, 0.25) is 5.02 Å². The summed E-state index contributed by atoms with van der Waals surface area (Å²) in [6.07, 6.45) is 0. The van der Waals surface area contributed by atoms with Crippen LogP contribution in [0.4, 0.5) is 17.3 Å². The molecule has 4 nitrogen and oxygen atoms in total. The SMILES string of the molecule is CNc1cc(Nc2cccc(Cl)c2)nc(C(C)C)n1. The van der Waals surface area contributed by atoms with E-state index < -0.39 is 0 Å². The summed E-state index contributed by atoms with van der Waals surface area (Å²) >= 11 is 5.97. The number of hydrogen-bond donors (Lipinski definition) is 2. The summed E-state index contributed by atoms with van der Waals surface area (Å²) in [5.41, 5.74) is 0.906. The maximum absolute atomic E-state index is 5.97. The summed E-state index contributed by atoms with van der Waals surface area (Å²) < 4.78 is 0. The monoisotopic (exact) mass is 276 g/mol. The van der Waals surface area contributed by atoms with E-state index in [2.05, 4.69) is 34.4 Å². The van der Waals surface area contributed by atoms with E-state index in [1.165, 1.54) is 0 Å². The molecule has 0 aliphatic carbocycles. The zero-order valence-electron chi connectivity index (χ0n) is 11.2. The van der Waals surface area contributed by atoms with Gasteiger partial charge in [0.05, 0.1) is 0 Å². The van der Waals surface area contributed by atoms with Crippen LogP contribution in [-0.2, 0) is 0 Å². The van der Waals surface area contributed by atoms with E-state index in [0.717, 1.165) is 23.1 Å². The van der Waals surface area contributed by atoms with Crippen molar-refractivity contribution in [3.63, 3.8) is 0 Å². The Morgan fingerprint density at radius 3 is 2.47 bits per heavy atom. The van der Waals surface area contributed by atoms with Crippen LogP contribution in [0.1, 0.15) is 25.6 Å². The normalized spacial score (nSPS) is 10.6. The molecule has 0 saturated heterocycles. The fraction of sp³-hybridized carbons (Fsp3) is 0.286. The first-order chi connectivity index (χ1) is 9.08. The van der Waals surface area contributed by atoms with Gasteiger partial charge in [0.25, 0.3) is 0 Å². The zero-order valence-corrected chi connectivity index (χ0v) is 12.0. The molecule has 2 aromatic rings. The van der Waals surface area contributed by atoms with Crippen molar-refractivity contribution in [1.29, 1.82) is 0 Å². The highest BCUT2D eigenvalue weighted by Gasteiger charge is 2.07. The number of aromatic nitrogens is 2. The lowest BCUT2D eigenvalue weighted by Gasteiger charge is -2.11. The van der Waals surface area contributed by atoms with Gasteiger partial charge in [-0.15, -0.1) is 0 Å². The fourth-order valence-electron chi connectivity index (χ4n) is 1.63. The van der Waals surface area contributed by atoms with Crippen LogP contribution < -0.4 is 10.6 Å². The van der Waals surface area contributed by atoms with Crippen molar-refractivity contribution in [2.45, 2.75) is 19.8 Å².